The molecule has 6 aromatic heterocycles. The van der Waals surface area contributed by atoms with Gasteiger partial charge in [0.1, 0.15) is 11.2 Å². The van der Waals surface area contributed by atoms with Crippen LogP contribution in [0.15, 0.2) is 385 Å². The molecule has 6 heterocycles. The first-order valence-corrected chi connectivity index (χ1v) is 46.5. The molecule has 0 spiro atoms. The number of benzene rings is 20. The molecule has 0 unspecified atom stereocenters. The lowest BCUT2D eigenvalue weighted by molar-refractivity contribution is 0.591. The first kappa shape index (κ1) is 76.3. The van der Waals surface area contributed by atoms with E-state index in [1.807, 2.05) is 12.1 Å². The molecule has 20 aromatic carbocycles. The average Bonchev–Trinajstić information content (AvgIpc) is 1.53. The van der Waals surface area contributed by atoms with Gasteiger partial charge in [-0.25, -0.2) is 0 Å². The molecule has 0 atom stereocenters. The fourth-order valence-corrected chi connectivity index (χ4v) is 23.1. The van der Waals surface area contributed by atoms with Gasteiger partial charge in [-0.05, 0) is 302 Å². The highest BCUT2D eigenvalue weighted by Gasteiger charge is 2.38. The normalized spacial score (nSPS) is 13.7. The van der Waals surface area contributed by atoms with E-state index in [1.54, 1.807) is 0 Å². The Hall–Kier alpha value is -15.8. The van der Waals surface area contributed by atoms with Crippen LogP contribution >= 0.6 is 0 Å². The molecule has 2 aliphatic carbocycles. The highest BCUT2D eigenvalue weighted by atomic mass is 16.3. The van der Waals surface area contributed by atoms with Crippen LogP contribution in [0.3, 0.4) is 0 Å². The maximum atomic E-state index is 6.66. The van der Waals surface area contributed by atoms with Crippen molar-refractivity contribution in [2.24, 2.45) is 0 Å². The molecule has 2 aliphatic rings. The monoisotopic (exact) mass is 1690 g/mol. The van der Waals surface area contributed by atoms with Gasteiger partial charge in [-0.15, -0.1) is 0 Å². The number of furan rings is 2. The van der Waals surface area contributed by atoms with E-state index in [1.165, 1.54) is 197 Å². The second kappa shape index (κ2) is 27.4. The number of nitrogens with zero attached hydrogens (tertiary/aromatic N) is 4. The summed E-state index contributed by atoms with van der Waals surface area (Å²) < 4.78 is 18.4. The SMILES string of the molecule is CC(C)(C)c1cc2c3cc4ccc(-c5ccc6c(c5)C(C)(C)c5ccccc5-6)cc4cc3n3c4cc5cc(-c6ccc7c(c6)C(C)(C)c6ccccc6-7)ccc5cc4c(c1)c23.CC(C)(C)c1cc2c3cc4ccc(N(c5ccccc5)c5cccc6c5oc5ccccc56)cc4cc3n3c4cc5cc(N(c6ccccc6)c6cccc7c6oc6ccccc67)ccc5cc4c(c1)c23. The summed E-state index contributed by atoms with van der Waals surface area (Å²) in [5, 5.41) is 24.6. The minimum atomic E-state index is -0.0491. The third kappa shape index (κ3) is 11.2. The second-order valence-corrected chi connectivity index (χ2v) is 40.4. The van der Waals surface area contributed by atoms with Crippen LogP contribution in [0.2, 0.25) is 0 Å². The van der Waals surface area contributed by atoms with Crippen LogP contribution in [-0.2, 0) is 21.7 Å². The van der Waals surface area contributed by atoms with Crippen molar-refractivity contribution in [2.45, 2.75) is 90.9 Å². The Kier molecular flexibility index (Phi) is 15.8. The van der Waals surface area contributed by atoms with Gasteiger partial charge in [0.2, 0.25) is 0 Å². The first-order valence-electron chi connectivity index (χ1n) is 46.5. The molecule has 0 aliphatic heterocycles. The van der Waals surface area contributed by atoms with E-state index in [4.69, 9.17) is 8.83 Å². The summed E-state index contributed by atoms with van der Waals surface area (Å²) >= 11 is 0. The zero-order valence-corrected chi connectivity index (χ0v) is 75.4. The van der Waals surface area contributed by atoms with Crippen molar-refractivity contribution in [3.63, 3.8) is 0 Å². The first-order chi connectivity index (χ1) is 64.2. The number of hydrogen-bond acceptors (Lipinski definition) is 4. The minimum absolute atomic E-state index is 0.0109. The summed E-state index contributed by atoms with van der Waals surface area (Å²) in [6.45, 7) is 23.5. The van der Waals surface area contributed by atoms with E-state index in [9.17, 15) is 0 Å². The number of rotatable bonds is 8. The molecule has 0 bridgehead atoms. The third-order valence-electron chi connectivity index (χ3n) is 29.9. The number of hydrogen-bond donors (Lipinski definition) is 0. The van der Waals surface area contributed by atoms with Gasteiger partial charge in [0.15, 0.2) is 11.2 Å². The maximum Gasteiger partial charge on any atom is 0.159 e. The summed E-state index contributed by atoms with van der Waals surface area (Å²) in [5.41, 5.74) is 36.0. The van der Waals surface area contributed by atoms with Crippen molar-refractivity contribution in [1.82, 2.24) is 8.80 Å². The average molecular weight is 1690 g/mol. The fraction of sp³-hybridized carbons (Fsp3) is 0.111. The smallest absolute Gasteiger partial charge is 0.159 e. The molecule has 0 amide bonds. The van der Waals surface area contributed by atoms with Gasteiger partial charge < -0.3 is 27.4 Å². The molecule has 26 aromatic rings. The number of aromatic nitrogens is 2. The molecule has 0 fully saturated rings. The quantitative estimate of drug-likeness (QED) is 0.152. The number of para-hydroxylation sites is 6. The second-order valence-electron chi connectivity index (χ2n) is 40.4. The van der Waals surface area contributed by atoms with Gasteiger partial charge in [0, 0.05) is 98.2 Å². The summed E-state index contributed by atoms with van der Waals surface area (Å²) in [4.78, 5) is 4.67. The van der Waals surface area contributed by atoms with Crippen LogP contribution in [0.4, 0.5) is 34.1 Å². The molecular weight excluding hydrogens is 1600 g/mol. The van der Waals surface area contributed by atoms with E-state index in [-0.39, 0.29) is 21.7 Å². The standard InChI is InChI=1S/C66H45N3O2.C60H47N/c1-66(2,3)44-38-55-53-34-40-28-30-47(67(45-16-6-4-7-17-45)57-24-14-22-51-49-20-10-12-26-61(49)70-64(51)57)32-42(40)36-59(53)69-60-37-43-33-48(31-29-41(43)35-54(60)56(39-44)63(55)69)68(46-18-8-5-9-19-46)58-25-15-23-52-50-21-11-13-27-62(50)71-65(52)58;1-58(2,3)42-32-49-47-26-36-18-16-34(38-20-22-45-43-12-8-10-14-51(43)59(4,5)53(45)28-38)24-40(36)30-55(47)61-56-31-41-25-35(17-19-37(41)27-48(56)50(33-42)57(49)61)39-21-23-46-44-13-9-11-15-52(44)60(6,7)54(46)29-39/h4-39H,1-3H3;8-33H,1-7H3. The molecule has 28 rings (SSSR count). The van der Waals surface area contributed by atoms with Gasteiger partial charge in [-0.3, -0.25) is 0 Å². The Labute approximate surface area is 764 Å². The van der Waals surface area contributed by atoms with Gasteiger partial charge in [0.25, 0.3) is 0 Å². The van der Waals surface area contributed by atoms with Crippen molar-refractivity contribution in [2.75, 3.05) is 9.80 Å². The van der Waals surface area contributed by atoms with Crippen LogP contribution in [0.1, 0.15) is 103 Å². The number of fused-ring (bicyclic) bond motifs is 28. The lowest BCUT2D eigenvalue weighted by Crippen LogP contribution is -2.14. The van der Waals surface area contributed by atoms with Gasteiger partial charge >= 0.3 is 0 Å². The maximum absolute atomic E-state index is 6.66. The van der Waals surface area contributed by atoms with E-state index in [0.717, 1.165) is 78.0 Å². The van der Waals surface area contributed by atoms with Gasteiger partial charge in [-0.2, -0.15) is 0 Å². The van der Waals surface area contributed by atoms with Crippen molar-refractivity contribution < 1.29 is 8.83 Å². The number of anilines is 6. The summed E-state index contributed by atoms with van der Waals surface area (Å²) in [6, 6.07) is 140. The molecule has 132 heavy (non-hydrogen) atoms. The Morgan fingerprint density at radius 3 is 0.932 bits per heavy atom. The van der Waals surface area contributed by atoms with Crippen LogP contribution in [0.25, 0.3) is 208 Å². The Morgan fingerprint density at radius 1 is 0.227 bits per heavy atom. The largest absolute Gasteiger partial charge is 0.454 e. The van der Waals surface area contributed by atoms with Gasteiger partial charge in [0.05, 0.1) is 44.5 Å². The molecule has 0 radical (unpaired) electrons. The topological polar surface area (TPSA) is 41.6 Å². The minimum Gasteiger partial charge on any atom is -0.454 e. The molecule has 628 valence electrons. The van der Waals surface area contributed by atoms with Gasteiger partial charge in [-0.1, -0.05) is 275 Å². The molecular formula is C126H92N4O2. The van der Waals surface area contributed by atoms with Crippen LogP contribution in [-0.4, -0.2) is 8.80 Å². The fourth-order valence-electron chi connectivity index (χ4n) is 23.1. The molecule has 0 saturated carbocycles. The van der Waals surface area contributed by atoms with E-state index in [0.29, 0.717) is 0 Å². The molecule has 6 nitrogen and oxygen atoms in total. The third-order valence-corrected chi connectivity index (χ3v) is 29.9. The van der Waals surface area contributed by atoms with Crippen LogP contribution in [0.5, 0.6) is 0 Å². The molecule has 6 heteroatoms. The predicted molar refractivity (Wildman–Crippen MR) is 560 cm³/mol. The highest BCUT2D eigenvalue weighted by Crippen LogP contribution is 2.55. The summed E-state index contributed by atoms with van der Waals surface area (Å²) in [7, 11) is 0. The lowest BCUT2D eigenvalue weighted by atomic mass is 9.81. The zero-order valence-electron chi connectivity index (χ0n) is 75.4. The van der Waals surface area contributed by atoms with E-state index in [2.05, 4.69) is 452 Å². The van der Waals surface area contributed by atoms with E-state index < -0.39 is 0 Å². The van der Waals surface area contributed by atoms with Crippen LogP contribution in [0, 0.1) is 0 Å². The van der Waals surface area contributed by atoms with Crippen molar-refractivity contribution in [3.8, 4) is 44.5 Å². The Bertz CT molecular complexity index is 8930. The Morgan fingerprint density at radius 2 is 0.545 bits per heavy atom. The molecule has 0 N–H and O–H groups in total. The van der Waals surface area contributed by atoms with E-state index >= 15 is 0 Å². The van der Waals surface area contributed by atoms with Crippen molar-refractivity contribution in [1.29, 1.82) is 0 Å². The van der Waals surface area contributed by atoms with Crippen molar-refractivity contribution >= 4 is 197 Å². The van der Waals surface area contributed by atoms with Crippen LogP contribution < -0.4 is 9.80 Å². The predicted octanol–water partition coefficient (Wildman–Crippen LogP) is 35.6. The lowest BCUT2D eigenvalue weighted by Gasteiger charge is -2.26. The highest BCUT2D eigenvalue weighted by molar-refractivity contribution is 6.29. The zero-order chi connectivity index (χ0) is 88.4. The summed E-state index contributed by atoms with van der Waals surface area (Å²) in [5.74, 6) is 0. The molecule has 0 saturated heterocycles. The summed E-state index contributed by atoms with van der Waals surface area (Å²) in [6.07, 6.45) is 0. The van der Waals surface area contributed by atoms with Crippen molar-refractivity contribution in [3.05, 3.63) is 409 Å². The Balaban J connectivity index is 0.000000137.